The van der Waals surface area contributed by atoms with Crippen LogP contribution in [0, 0.1) is 12.3 Å². The Balaban J connectivity index is 1.80. The fourth-order valence-corrected chi connectivity index (χ4v) is 2.76. The van der Waals surface area contributed by atoms with E-state index in [2.05, 4.69) is 21.8 Å². The summed E-state index contributed by atoms with van der Waals surface area (Å²) in [7, 11) is 1.70. The number of methoxy groups -OCH3 is 1. The summed E-state index contributed by atoms with van der Waals surface area (Å²) in [6.45, 7) is 8.11. The van der Waals surface area contributed by atoms with Gasteiger partial charge in [-0.1, -0.05) is 18.1 Å². The summed E-state index contributed by atoms with van der Waals surface area (Å²) in [6.07, 6.45) is 4.86. The van der Waals surface area contributed by atoms with Crippen molar-refractivity contribution in [2.45, 2.75) is 25.6 Å². The molecule has 0 aliphatic carbocycles. The van der Waals surface area contributed by atoms with Gasteiger partial charge in [0.25, 0.3) is 0 Å². The quantitative estimate of drug-likeness (QED) is 0.769. The molecule has 0 spiro atoms. The predicted octanol–water partition coefficient (Wildman–Crippen LogP) is 1.61. The first kappa shape index (κ1) is 18.6. The van der Waals surface area contributed by atoms with Crippen molar-refractivity contribution in [3.63, 3.8) is 0 Å². The van der Waals surface area contributed by atoms with Gasteiger partial charge in [-0.05, 0) is 26.0 Å². The first-order valence-corrected chi connectivity index (χ1v) is 8.35. The summed E-state index contributed by atoms with van der Waals surface area (Å²) in [5, 5.41) is 10.2. The van der Waals surface area contributed by atoms with Crippen LogP contribution in [0.1, 0.15) is 13.8 Å². The second kappa shape index (κ2) is 8.39. The predicted molar refractivity (Wildman–Crippen MR) is 96.5 cm³/mol. The Morgan fingerprint density at radius 2 is 1.92 bits per heavy atom. The highest BCUT2D eigenvalue weighted by Crippen LogP contribution is 2.28. The zero-order valence-electron chi connectivity index (χ0n) is 14.9. The molecule has 1 aromatic rings. The number of benzene rings is 1. The van der Waals surface area contributed by atoms with Crippen molar-refractivity contribution < 1.29 is 14.6 Å². The molecule has 1 atom stereocenters. The van der Waals surface area contributed by atoms with E-state index in [0.717, 1.165) is 37.6 Å². The SMILES string of the molecule is C#CC(C)(C)OC[C@H](O)CN1CCN(c2ccccc2OC)CC1. The average molecular weight is 332 g/mol. The summed E-state index contributed by atoms with van der Waals surface area (Å²) in [4.78, 5) is 4.57. The van der Waals surface area contributed by atoms with Crippen molar-refractivity contribution in [3.8, 4) is 18.1 Å². The first-order chi connectivity index (χ1) is 11.4. The smallest absolute Gasteiger partial charge is 0.142 e. The number of hydrogen-bond acceptors (Lipinski definition) is 5. The molecule has 5 heteroatoms. The zero-order chi connectivity index (χ0) is 17.6. The number of β-amino-alcohol motifs (C(OH)–C–C–N with tert-alkyl or cyclic N) is 1. The Hall–Kier alpha value is -1.74. The second-order valence-corrected chi connectivity index (χ2v) is 6.58. The Bertz CT molecular complexity index is 560. The Morgan fingerprint density at radius 3 is 2.54 bits per heavy atom. The molecule has 1 fully saturated rings. The molecule has 0 saturated carbocycles. The maximum absolute atomic E-state index is 10.2. The van der Waals surface area contributed by atoms with Gasteiger partial charge >= 0.3 is 0 Å². The number of para-hydroxylation sites is 2. The average Bonchev–Trinajstić information content (AvgIpc) is 2.61. The molecule has 0 radical (unpaired) electrons. The van der Waals surface area contributed by atoms with Crippen LogP contribution in [0.3, 0.4) is 0 Å². The largest absolute Gasteiger partial charge is 0.495 e. The van der Waals surface area contributed by atoms with E-state index in [-0.39, 0.29) is 6.61 Å². The molecule has 1 saturated heterocycles. The molecule has 5 nitrogen and oxygen atoms in total. The highest BCUT2D eigenvalue weighted by atomic mass is 16.5. The van der Waals surface area contributed by atoms with Crippen molar-refractivity contribution in [1.82, 2.24) is 4.90 Å². The van der Waals surface area contributed by atoms with E-state index in [1.165, 1.54) is 0 Å². The molecule has 2 rings (SSSR count). The lowest BCUT2D eigenvalue weighted by Crippen LogP contribution is -2.49. The van der Waals surface area contributed by atoms with Gasteiger partial charge in [-0.2, -0.15) is 0 Å². The number of aliphatic hydroxyl groups excluding tert-OH is 1. The van der Waals surface area contributed by atoms with Gasteiger partial charge in [-0.3, -0.25) is 4.90 Å². The van der Waals surface area contributed by atoms with Crippen LogP contribution in [0.25, 0.3) is 0 Å². The van der Waals surface area contributed by atoms with Crippen LogP contribution in [0.15, 0.2) is 24.3 Å². The Morgan fingerprint density at radius 1 is 1.25 bits per heavy atom. The molecule has 1 aromatic carbocycles. The number of aliphatic hydroxyl groups is 1. The van der Waals surface area contributed by atoms with Crippen molar-refractivity contribution in [3.05, 3.63) is 24.3 Å². The minimum atomic E-state index is -0.635. The van der Waals surface area contributed by atoms with E-state index in [0.29, 0.717) is 6.54 Å². The van der Waals surface area contributed by atoms with Gasteiger partial charge in [-0.25, -0.2) is 0 Å². The van der Waals surface area contributed by atoms with Crippen molar-refractivity contribution in [2.75, 3.05) is 51.3 Å². The molecule has 0 amide bonds. The van der Waals surface area contributed by atoms with Gasteiger partial charge in [0.2, 0.25) is 0 Å². The number of terminal acetylenes is 1. The van der Waals surface area contributed by atoms with Crippen LogP contribution in [-0.4, -0.2) is 68.2 Å². The van der Waals surface area contributed by atoms with Crippen LogP contribution in [0.5, 0.6) is 5.75 Å². The summed E-state index contributed by atoms with van der Waals surface area (Å²) < 4.78 is 11.0. The number of hydrogen-bond donors (Lipinski definition) is 1. The molecule has 1 heterocycles. The summed E-state index contributed by atoms with van der Waals surface area (Å²) >= 11 is 0. The Labute approximate surface area is 145 Å². The van der Waals surface area contributed by atoms with Crippen molar-refractivity contribution in [1.29, 1.82) is 0 Å². The third-order valence-corrected chi connectivity index (χ3v) is 4.25. The number of piperazine rings is 1. The number of anilines is 1. The fourth-order valence-electron chi connectivity index (χ4n) is 2.76. The van der Waals surface area contributed by atoms with E-state index in [1.807, 2.05) is 32.0 Å². The number of rotatable bonds is 7. The van der Waals surface area contributed by atoms with Crippen LogP contribution in [0.2, 0.25) is 0 Å². The third kappa shape index (κ3) is 5.13. The Kier molecular flexibility index (Phi) is 6.50. The lowest BCUT2D eigenvalue weighted by Gasteiger charge is -2.37. The maximum atomic E-state index is 10.2. The van der Waals surface area contributed by atoms with E-state index >= 15 is 0 Å². The molecule has 0 aromatic heterocycles. The first-order valence-electron chi connectivity index (χ1n) is 8.35. The molecule has 0 unspecified atom stereocenters. The maximum Gasteiger partial charge on any atom is 0.142 e. The van der Waals surface area contributed by atoms with Gasteiger partial charge < -0.3 is 19.5 Å². The van der Waals surface area contributed by atoms with Crippen molar-refractivity contribution >= 4 is 5.69 Å². The lowest BCUT2D eigenvalue weighted by atomic mass is 10.1. The van der Waals surface area contributed by atoms with E-state index in [9.17, 15) is 5.11 Å². The fraction of sp³-hybridized carbons (Fsp3) is 0.579. The minimum Gasteiger partial charge on any atom is -0.495 e. The van der Waals surface area contributed by atoms with Crippen LogP contribution in [0.4, 0.5) is 5.69 Å². The molecule has 132 valence electrons. The van der Waals surface area contributed by atoms with Gasteiger partial charge in [0.15, 0.2) is 0 Å². The zero-order valence-corrected chi connectivity index (χ0v) is 14.9. The minimum absolute atomic E-state index is 0.254. The highest BCUT2D eigenvalue weighted by Gasteiger charge is 2.22. The van der Waals surface area contributed by atoms with Crippen molar-refractivity contribution in [2.24, 2.45) is 0 Å². The number of ether oxygens (including phenoxy) is 2. The summed E-state index contributed by atoms with van der Waals surface area (Å²) in [5.41, 5.74) is 0.489. The van der Waals surface area contributed by atoms with Crippen LogP contribution < -0.4 is 9.64 Å². The summed E-state index contributed by atoms with van der Waals surface area (Å²) in [5.74, 6) is 3.47. The van der Waals surface area contributed by atoms with E-state index in [4.69, 9.17) is 15.9 Å². The van der Waals surface area contributed by atoms with E-state index in [1.54, 1.807) is 7.11 Å². The molecular weight excluding hydrogens is 304 g/mol. The van der Waals surface area contributed by atoms with Gasteiger partial charge in [-0.15, -0.1) is 6.42 Å². The van der Waals surface area contributed by atoms with Crippen LogP contribution in [-0.2, 0) is 4.74 Å². The molecular formula is C19H28N2O3. The second-order valence-electron chi connectivity index (χ2n) is 6.58. The van der Waals surface area contributed by atoms with Gasteiger partial charge in [0.05, 0.1) is 25.5 Å². The van der Waals surface area contributed by atoms with Crippen LogP contribution >= 0.6 is 0 Å². The monoisotopic (exact) mass is 332 g/mol. The standard InChI is InChI=1S/C19H28N2O3/c1-5-19(2,3)24-15-16(22)14-20-10-12-21(13-11-20)17-8-6-7-9-18(17)23-4/h1,6-9,16,22H,10-15H2,2-4H3/t16-/m1/s1. The molecule has 1 aliphatic rings. The van der Waals surface area contributed by atoms with E-state index < -0.39 is 11.7 Å². The van der Waals surface area contributed by atoms with Gasteiger partial charge in [0, 0.05) is 32.7 Å². The highest BCUT2D eigenvalue weighted by molar-refractivity contribution is 5.58. The number of nitrogens with zero attached hydrogens (tertiary/aromatic N) is 2. The van der Waals surface area contributed by atoms with Gasteiger partial charge in [0.1, 0.15) is 11.4 Å². The molecule has 0 bridgehead atoms. The molecule has 24 heavy (non-hydrogen) atoms. The topological polar surface area (TPSA) is 45.2 Å². The normalized spacial score (nSPS) is 17.4. The summed E-state index contributed by atoms with van der Waals surface area (Å²) in [6, 6.07) is 8.07. The molecule has 1 aliphatic heterocycles. The molecule has 1 N–H and O–H groups in total. The third-order valence-electron chi connectivity index (χ3n) is 4.25. The lowest BCUT2D eigenvalue weighted by molar-refractivity contribution is -0.0376.